The summed E-state index contributed by atoms with van der Waals surface area (Å²) in [7, 11) is 0. The van der Waals surface area contributed by atoms with Crippen LogP contribution >= 0.6 is 15.9 Å². The molecule has 1 N–H and O–H groups in total. The van der Waals surface area contributed by atoms with E-state index in [1.165, 1.54) is 5.57 Å². The van der Waals surface area contributed by atoms with Crippen LogP contribution in [0.3, 0.4) is 0 Å². The molecule has 1 aliphatic carbocycles. The topological polar surface area (TPSA) is 20.2 Å². The molecule has 1 aliphatic rings. The molecule has 0 spiro atoms. The summed E-state index contributed by atoms with van der Waals surface area (Å²) in [6.07, 6.45) is 8.43. The molecule has 0 amide bonds. The third-order valence-electron chi connectivity index (χ3n) is 2.21. The SMILES string of the molecule is CC(CO)(CBr)CC1=CC=CC1. The van der Waals surface area contributed by atoms with Gasteiger partial charge in [-0.3, -0.25) is 0 Å². The zero-order valence-corrected chi connectivity index (χ0v) is 8.97. The van der Waals surface area contributed by atoms with E-state index in [0.717, 1.165) is 18.2 Å². The van der Waals surface area contributed by atoms with E-state index >= 15 is 0 Å². The number of allylic oxidation sites excluding steroid dienone is 4. The molecular weight excluding hydrogens is 216 g/mol. The number of alkyl halides is 1. The fourth-order valence-corrected chi connectivity index (χ4v) is 1.69. The van der Waals surface area contributed by atoms with Crippen LogP contribution in [0.25, 0.3) is 0 Å². The summed E-state index contributed by atoms with van der Waals surface area (Å²) in [6.45, 7) is 2.34. The molecule has 1 nitrogen and oxygen atoms in total. The molecule has 2 heteroatoms. The Balaban J connectivity index is 2.48. The highest BCUT2D eigenvalue weighted by Crippen LogP contribution is 2.30. The Morgan fingerprint density at radius 2 is 2.42 bits per heavy atom. The molecule has 1 atom stereocenters. The van der Waals surface area contributed by atoms with E-state index in [1.807, 2.05) is 0 Å². The van der Waals surface area contributed by atoms with Crippen molar-refractivity contribution in [1.82, 2.24) is 0 Å². The van der Waals surface area contributed by atoms with Gasteiger partial charge in [0.2, 0.25) is 0 Å². The van der Waals surface area contributed by atoms with Gasteiger partial charge in [0.1, 0.15) is 0 Å². The Hall–Kier alpha value is -0.0800. The summed E-state index contributed by atoms with van der Waals surface area (Å²) in [4.78, 5) is 0. The minimum atomic E-state index is 0.0118. The molecule has 0 fully saturated rings. The van der Waals surface area contributed by atoms with Gasteiger partial charge in [-0.15, -0.1) is 0 Å². The van der Waals surface area contributed by atoms with Crippen molar-refractivity contribution in [2.24, 2.45) is 5.41 Å². The molecule has 0 saturated heterocycles. The van der Waals surface area contributed by atoms with E-state index in [4.69, 9.17) is 5.11 Å². The highest BCUT2D eigenvalue weighted by molar-refractivity contribution is 9.09. The van der Waals surface area contributed by atoms with E-state index in [2.05, 4.69) is 41.1 Å². The predicted octanol–water partition coefficient (Wildman–Crippen LogP) is 2.66. The summed E-state index contributed by atoms with van der Waals surface area (Å²) < 4.78 is 0. The number of halogens is 1. The molecule has 1 rings (SSSR count). The van der Waals surface area contributed by atoms with Gasteiger partial charge >= 0.3 is 0 Å². The van der Waals surface area contributed by atoms with E-state index in [-0.39, 0.29) is 12.0 Å². The lowest BCUT2D eigenvalue weighted by molar-refractivity contribution is 0.164. The molecular formula is C10H15BrO. The second-order valence-electron chi connectivity index (χ2n) is 3.74. The van der Waals surface area contributed by atoms with Crippen molar-refractivity contribution >= 4 is 15.9 Å². The van der Waals surface area contributed by atoms with Crippen LogP contribution in [0.2, 0.25) is 0 Å². The second-order valence-corrected chi connectivity index (χ2v) is 4.30. The highest BCUT2D eigenvalue weighted by Gasteiger charge is 2.23. The van der Waals surface area contributed by atoms with Gasteiger partial charge in [0.15, 0.2) is 0 Å². The number of aliphatic hydroxyl groups is 1. The smallest absolute Gasteiger partial charge is 0.0495 e. The lowest BCUT2D eigenvalue weighted by atomic mass is 9.86. The Morgan fingerprint density at radius 3 is 2.83 bits per heavy atom. The maximum absolute atomic E-state index is 9.17. The molecule has 0 aliphatic heterocycles. The number of rotatable bonds is 4. The average molecular weight is 231 g/mol. The first kappa shape index (κ1) is 10.0. The van der Waals surface area contributed by atoms with Crippen molar-refractivity contribution in [1.29, 1.82) is 0 Å². The molecule has 1 unspecified atom stereocenters. The molecule has 0 aromatic carbocycles. The van der Waals surface area contributed by atoms with Crippen molar-refractivity contribution in [3.63, 3.8) is 0 Å². The van der Waals surface area contributed by atoms with Crippen molar-refractivity contribution in [2.45, 2.75) is 19.8 Å². The van der Waals surface area contributed by atoms with E-state index < -0.39 is 0 Å². The Bertz CT molecular complexity index is 202. The Morgan fingerprint density at radius 1 is 1.67 bits per heavy atom. The lowest BCUT2D eigenvalue weighted by Crippen LogP contribution is -2.23. The molecule has 0 heterocycles. The molecule has 12 heavy (non-hydrogen) atoms. The molecule has 0 aromatic rings. The Kier molecular flexibility index (Phi) is 3.53. The molecule has 0 aromatic heterocycles. The average Bonchev–Trinajstić information content (AvgIpc) is 2.57. The number of hydrogen-bond donors (Lipinski definition) is 1. The fraction of sp³-hybridized carbons (Fsp3) is 0.600. The zero-order chi connectivity index (χ0) is 9.03. The maximum Gasteiger partial charge on any atom is 0.0495 e. The minimum absolute atomic E-state index is 0.0118. The van der Waals surface area contributed by atoms with Crippen LogP contribution in [0.15, 0.2) is 23.8 Å². The van der Waals surface area contributed by atoms with Crippen molar-refractivity contribution in [3.05, 3.63) is 23.8 Å². The molecule has 0 radical (unpaired) electrons. The summed E-state index contributed by atoms with van der Waals surface area (Å²) in [6, 6.07) is 0. The van der Waals surface area contributed by atoms with Gasteiger partial charge in [0.25, 0.3) is 0 Å². The zero-order valence-electron chi connectivity index (χ0n) is 7.39. The number of hydrogen-bond acceptors (Lipinski definition) is 1. The van der Waals surface area contributed by atoms with E-state index in [9.17, 15) is 0 Å². The van der Waals surface area contributed by atoms with Crippen LogP contribution in [0, 0.1) is 5.41 Å². The first-order chi connectivity index (χ1) is 5.70. The van der Waals surface area contributed by atoms with Crippen LogP contribution in [-0.2, 0) is 0 Å². The number of aliphatic hydroxyl groups excluding tert-OH is 1. The molecule has 0 bridgehead atoms. The standard InChI is InChI=1S/C10H15BrO/c1-10(7-11,8-12)6-9-4-2-3-5-9/h2-4,12H,5-8H2,1H3. The third-order valence-corrected chi connectivity index (χ3v) is 3.56. The summed E-state index contributed by atoms with van der Waals surface area (Å²) in [5, 5.41) is 10.0. The first-order valence-electron chi connectivity index (χ1n) is 4.21. The van der Waals surface area contributed by atoms with E-state index in [0.29, 0.717) is 0 Å². The van der Waals surface area contributed by atoms with Gasteiger partial charge in [-0.2, -0.15) is 0 Å². The van der Waals surface area contributed by atoms with Crippen molar-refractivity contribution in [2.75, 3.05) is 11.9 Å². The van der Waals surface area contributed by atoms with Crippen LogP contribution in [-0.4, -0.2) is 17.0 Å². The first-order valence-corrected chi connectivity index (χ1v) is 5.34. The van der Waals surface area contributed by atoms with Gasteiger partial charge in [-0.1, -0.05) is 46.7 Å². The molecule has 0 saturated carbocycles. The van der Waals surface area contributed by atoms with Crippen LogP contribution < -0.4 is 0 Å². The van der Waals surface area contributed by atoms with Gasteiger partial charge in [-0.25, -0.2) is 0 Å². The van der Waals surface area contributed by atoms with Crippen LogP contribution in [0.5, 0.6) is 0 Å². The quantitative estimate of drug-likeness (QED) is 0.737. The monoisotopic (exact) mass is 230 g/mol. The fourth-order valence-electron chi connectivity index (χ4n) is 1.32. The van der Waals surface area contributed by atoms with Crippen LogP contribution in [0.1, 0.15) is 19.8 Å². The van der Waals surface area contributed by atoms with Crippen molar-refractivity contribution < 1.29 is 5.11 Å². The summed E-state index contributed by atoms with van der Waals surface area (Å²) in [5.74, 6) is 0. The van der Waals surface area contributed by atoms with Gasteiger partial charge in [-0.05, 0) is 12.8 Å². The lowest BCUT2D eigenvalue weighted by Gasteiger charge is -2.25. The van der Waals surface area contributed by atoms with Gasteiger partial charge < -0.3 is 5.11 Å². The van der Waals surface area contributed by atoms with Gasteiger partial charge in [0, 0.05) is 17.4 Å². The van der Waals surface area contributed by atoms with E-state index in [1.54, 1.807) is 0 Å². The second kappa shape index (κ2) is 4.24. The largest absolute Gasteiger partial charge is 0.396 e. The third kappa shape index (κ3) is 2.46. The predicted molar refractivity (Wildman–Crippen MR) is 55.4 cm³/mol. The summed E-state index contributed by atoms with van der Waals surface area (Å²) in [5.41, 5.74) is 1.43. The van der Waals surface area contributed by atoms with Crippen LogP contribution in [0.4, 0.5) is 0 Å². The highest BCUT2D eigenvalue weighted by atomic mass is 79.9. The Labute approximate surface area is 82.3 Å². The minimum Gasteiger partial charge on any atom is -0.396 e. The maximum atomic E-state index is 9.17. The van der Waals surface area contributed by atoms with Crippen molar-refractivity contribution in [3.8, 4) is 0 Å². The summed E-state index contributed by atoms with van der Waals surface area (Å²) >= 11 is 3.43. The van der Waals surface area contributed by atoms with Gasteiger partial charge in [0.05, 0.1) is 0 Å². The molecule has 68 valence electrons. The normalized spacial score (nSPS) is 20.8.